The normalized spacial score (nSPS) is 15.5. The van der Waals surface area contributed by atoms with Crippen molar-refractivity contribution in [2.45, 2.75) is 57.3 Å². The summed E-state index contributed by atoms with van der Waals surface area (Å²) >= 11 is 0. The van der Waals surface area contributed by atoms with E-state index in [0.29, 0.717) is 35.7 Å². The molecule has 1 heterocycles. The van der Waals surface area contributed by atoms with Crippen LogP contribution in [0.2, 0.25) is 0 Å². The highest BCUT2D eigenvalue weighted by Gasteiger charge is 2.28. The van der Waals surface area contributed by atoms with Gasteiger partial charge in [-0.2, -0.15) is 4.31 Å². The largest absolute Gasteiger partial charge is 0.495 e. The number of rotatable bonds is 5. The summed E-state index contributed by atoms with van der Waals surface area (Å²) in [5, 5.41) is 2.90. The maximum Gasteiger partial charge on any atom is 0.255 e. The van der Waals surface area contributed by atoms with Gasteiger partial charge in [-0.15, -0.1) is 0 Å². The highest BCUT2D eigenvalue weighted by molar-refractivity contribution is 7.89. The van der Waals surface area contributed by atoms with E-state index in [-0.39, 0.29) is 16.2 Å². The molecule has 0 radical (unpaired) electrons. The van der Waals surface area contributed by atoms with Crippen molar-refractivity contribution in [3.63, 3.8) is 0 Å². The number of ether oxygens (including phenoxy) is 1. The molecule has 0 spiro atoms. The molecule has 0 atom stereocenters. The SMILES string of the molecule is COc1ccc(C(C)(C)C)cc1NC(=O)c1ccc(C)c(S(=O)(=O)N2CCCCC2)c1. The van der Waals surface area contributed by atoms with Gasteiger partial charge in [0.25, 0.3) is 5.91 Å². The van der Waals surface area contributed by atoms with Crippen LogP contribution in [0.1, 0.15) is 61.5 Å². The molecular formula is C24H32N2O4S. The summed E-state index contributed by atoms with van der Waals surface area (Å²) in [6, 6.07) is 10.5. The second-order valence-corrected chi connectivity index (χ2v) is 11.0. The van der Waals surface area contributed by atoms with Crippen LogP contribution in [-0.2, 0) is 15.4 Å². The van der Waals surface area contributed by atoms with Crippen molar-refractivity contribution in [2.75, 3.05) is 25.5 Å². The third-order valence-corrected chi connectivity index (χ3v) is 7.74. The van der Waals surface area contributed by atoms with Crippen LogP contribution in [0.25, 0.3) is 0 Å². The molecule has 0 aliphatic carbocycles. The number of methoxy groups -OCH3 is 1. The Balaban J connectivity index is 1.92. The van der Waals surface area contributed by atoms with Crippen LogP contribution < -0.4 is 10.1 Å². The Morgan fingerprint density at radius 1 is 1.03 bits per heavy atom. The van der Waals surface area contributed by atoms with Crippen molar-refractivity contribution >= 4 is 21.6 Å². The van der Waals surface area contributed by atoms with Crippen molar-refractivity contribution in [2.24, 2.45) is 0 Å². The predicted octanol–water partition coefficient (Wildman–Crippen LogP) is 4.73. The lowest BCUT2D eigenvalue weighted by molar-refractivity contribution is 0.102. The minimum absolute atomic E-state index is 0.0920. The monoisotopic (exact) mass is 444 g/mol. The topological polar surface area (TPSA) is 75.7 Å². The molecule has 168 valence electrons. The van der Waals surface area contributed by atoms with E-state index in [9.17, 15) is 13.2 Å². The van der Waals surface area contributed by atoms with Gasteiger partial charge < -0.3 is 10.1 Å². The fourth-order valence-corrected chi connectivity index (χ4v) is 5.50. The first-order chi connectivity index (χ1) is 14.5. The second-order valence-electron chi connectivity index (χ2n) is 9.06. The summed E-state index contributed by atoms with van der Waals surface area (Å²) in [6.07, 6.45) is 2.77. The first-order valence-corrected chi connectivity index (χ1v) is 12.1. The van der Waals surface area contributed by atoms with Gasteiger partial charge in [0.15, 0.2) is 0 Å². The zero-order valence-corrected chi connectivity index (χ0v) is 19.8. The third kappa shape index (κ3) is 5.10. The van der Waals surface area contributed by atoms with Crippen molar-refractivity contribution < 1.29 is 17.9 Å². The molecule has 7 heteroatoms. The highest BCUT2D eigenvalue weighted by Crippen LogP contribution is 2.32. The molecule has 0 aromatic heterocycles. The molecule has 2 aromatic rings. The zero-order chi connectivity index (χ0) is 22.8. The summed E-state index contributed by atoms with van der Waals surface area (Å²) in [6.45, 7) is 9.09. The number of aryl methyl sites for hydroxylation is 1. The van der Waals surface area contributed by atoms with E-state index in [0.717, 1.165) is 24.8 Å². The van der Waals surface area contributed by atoms with Crippen LogP contribution in [0, 0.1) is 6.92 Å². The summed E-state index contributed by atoms with van der Waals surface area (Å²) in [7, 11) is -2.08. The molecule has 1 saturated heterocycles. The average Bonchev–Trinajstić information content (AvgIpc) is 2.73. The van der Waals surface area contributed by atoms with Gasteiger partial charge in [-0.05, 0) is 60.6 Å². The summed E-state index contributed by atoms with van der Waals surface area (Å²) in [5.74, 6) is 0.175. The van der Waals surface area contributed by atoms with Crippen molar-refractivity contribution in [3.8, 4) is 5.75 Å². The Labute approximate surface area is 185 Å². The Kier molecular flexibility index (Phi) is 6.76. The number of nitrogens with zero attached hydrogens (tertiary/aromatic N) is 1. The van der Waals surface area contributed by atoms with Gasteiger partial charge >= 0.3 is 0 Å². The van der Waals surface area contributed by atoms with E-state index in [2.05, 4.69) is 26.1 Å². The van der Waals surface area contributed by atoms with Gasteiger partial charge in [0.2, 0.25) is 10.0 Å². The maximum atomic E-state index is 13.2. The summed E-state index contributed by atoms with van der Waals surface area (Å²) < 4.78 is 33.3. The molecule has 1 amide bonds. The van der Waals surface area contributed by atoms with Crippen LogP contribution in [0.5, 0.6) is 5.75 Å². The number of hydrogen-bond acceptors (Lipinski definition) is 4. The number of sulfonamides is 1. The van der Waals surface area contributed by atoms with E-state index in [4.69, 9.17) is 4.74 Å². The number of carbonyl (C=O) groups is 1. The maximum absolute atomic E-state index is 13.2. The minimum atomic E-state index is -3.63. The van der Waals surface area contributed by atoms with Crippen molar-refractivity contribution in [3.05, 3.63) is 53.1 Å². The Morgan fingerprint density at radius 3 is 2.32 bits per heavy atom. The molecule has 1 N–H and O–H groups in total. The fourth-order valence-electron chi connectivity index (χ4n) is 3.73. The first-order valence-electron chi connectivity index (χ1n) is 10.6. The number of hydrogen-bond donors (Lipinski definition) is 1. The molecule has 0 bridgehead atoms. The van der Waals surface area contributed by atoms with Gasteiger partial charge in [0.1, 0.15) is 5.75 Å². The average molecular weight is 445 g/mol. The van der Waals surface area contributed by atoms with Gasteiger partial charge in [0.05, 0.1) is 17.7 Å². The van der Waals surface area contributed by atoms with Crippen LogP contribution in [0.3, 0.4) is 0 Å². The lowest BCUT2D eigenvalue weighted by atomic mass is 9.87. The minimum Gasteiger partial charge on any atom is -0.495 e. The number of amides is 1. The van der Waals surface area contributed by atoms with Gasteiger partial charge in [-0.3, -0.25) is 4.79 Å². The Morgan fingerprint density at radius 2 is 1.71 bits per heavy atom. The predicted molar refractivity (Wildman–Crippen MR) is 123 cm³/mol. The zero-order valence-electron chi connectivity index (χ0n) is 19.0. The number of piperidine rings is 1. The van der Waals surface area contributed by atoms with E-state index in [1.165, 1.54) is 10.4 Å². The van der Waals surface area contributed by atoms with Crippen LogP contribution in [0.4, 0.5) is 5.69 Å². The number of nitrogens with one attached hydrogen (secondary N) is 1. The number of carbonyl (C=O) groups excluding carboxylic acids is 1. The van der Waals surface area contributed by atoms with E-state index < -0.39 is 10.0 Å². The number of anilines is 1. The molecule has 1 aliphatic heterocycles. The van der Waals surface area contributed by atoms with Crippen LogP contribution in [0.15, 0.2) is 41.3 Å². The quantitative estimate of drug-likeness (QED) is 0.723. The lowest BCUT2D eigenvalue weighted by Gasteiger charge is -2.26. The Bertz CT molecular complexity index is 1070. The molecule has 1 fully saturated rings. The van der Waals surface area contributed by atoms with E-state index >= 15 is 0 Å². The van der Waals surface area contributed by atoms with E-state index in [1.54, 1.807) is 26.2 Å². The number of benzene rings is 2. The molecule has 31 heavy (non-hydrogen) atoms. The van der Waals surface area contributed by atoms with Crippen LogP contribution >= 0.6 is 0 Å². The summed E-state index contributed by atoms with van der Waals surface area (Å²) in [5.41, 5.74) is 2.45. The molecule has 2 aromatic carbocycles. The van der Waals surface area contributed by atoms with Gasteiger partial charge in [0, 0.05) is 18.7 Å². The molecule has 6 nitrogen and oxygen atoms in total. The smallest absolute Gasteiger partial charge is 0.255 e. The fraction of sp³-hybridized carbons (Fsp3) is 0.458. The van der Waals surface area contributed by atoms with Gasteiger partial charge in [-0.25, -0.2) is 8.42 Å². The first kappa shape index (κ1) is 23.3. The summed E-state index contributed by atoms with van der Waals surface area (Å²) in [4.78, 5) is 13.2. The molecule has 0 unspecified atom stereocenters. The van der Waals surface area contributed by atoms with Gasteiger partial charge in [-0.1, -0.05) is 39.3 Å². The third-order valence-electron chi connectivity index (χ3n) is 5.70. The van der Waals surface area contributed by atoms with E-state index in [1.807, 2.05) is 18.2 Å². The molecule has 0 saturated carbocycles. The second kappa shape index (κ2) is 9.01. The van der Waals surface area contributed by atoms with Crippen LogP contribution in [-0.4, -0.2) is 38.8 Å². The lowest BCUT2D eigenvalue weighted by Crippen LogP contribution is -2.36. The van der Waals surface area contributed by atoms with Crippen molar-refractivity contribution in [1.82, 2.24) is 4.31 Å². The molecular weight excluding hydrogens is 412 g/mol. The standard InChI is InChI=1S/C24H32N2O4S/c1-17-9-10-18(15-22(17)31(28,29)26-13-7-6-8-14-26)23(27)25-20-16-19(24(2,3)4)11-12-21(20)30-5/h9-12,15-16H,6-8,13-14H2,1-5H3,(H,25,27). The molecule has 1 aliphatic rings. The van der Waals surface area contributed by atoms with Crippen molar-refractivity contribution in [1.29, 1.82) is 0 Å². The molecule has 3 rings (SSSR count). The Hall–Kier alpha value is -2.38. The highest BCUT2D eigenvalue weighted by atomic mass is 32.2.